The maximum Gasteiger partial charge on any atom is 0.228 e. The van der Waals surface area contributed by atoms with Gasteiger partial charge < -0.3 is 18.6 Å². The summed E-state index contributed by atoms with van der Waals surface area (Å²) in [6.45, 7) is 5.60. The number of ether oxygens (including phenoxy) is 3. The SMILES string of the molecule is O=C(c1ccc(Cl)cc1)c1oc2cc3c(cc2c1-c1ccc(OCCN2CCOCC2)cc1)CCCO3. The molecule has 1 saturated heterocycles. The summed E-state index contributed by atoms with van der Waals surface area (Å²) in [7, 11) is 0. The van der Waals surface area contributed by atoms with Crippen LogP contribution in [0.4, 0.5) is 0 Å². The first kappa shape index (κ1) is 24.0. The van der Waals surface area contributed by atoms with Crippen LogP contribution in [-0.4, -0.2) is 56.7 Å². The molecule has 3 heterocycles. The number of carbonyl (C=O) groups excluding carboxylic acids is 1. The normalized spacial score (nSPS) is 15.8. The Morgan fingerprint density at radius 1 is 0.973 bits per heavy atom. The van der Waals surface area contributed by atoms with Crippen molar-refractivity contribution in [1.29, 1.82) is 0 Å². The van der Waals surface area contributed by atoms with Crippen molar-refractivity contribution in [3.8, 4) is 22.6 Å². The average molecular weight is 518 g/mol. The summed E-state index contributed by atoms with van der Waals surface area (Å²) >= 11 is 6.05. The third-order valence-corrected chi connectivity index (χ3v) is 7.21. The van der Waals surface area contributed by atoms with Crippen LogP contribution in [0, 0.1) is 0 Å². The Hall–Kier alpha value is -3.32. The molecule has 0 saturated carbocycles. The van der Waals surface area contributed by atoms with Gasteiger partial charge in [-0.25, -0.2) is 0 Å². The van der Waals surface area contributed by atoms with Crippen molar-refractivity contribution in [3.63, 3.8) is 0 Å². The van der Waals surface area contributed by atoms with E-state index in [-0.39, 0.29) is 5.78 Å². The number of halogens is 1. The van der Waals surface area contributed by atoms with E-state index >= 15 is 0 Å². The van der Waals surface area contributed by atoms with Crippen molar-refractivity contribution in [2.24, 2.45) is 0 Å². The molecule has 0 N–H and O–H groups in total. The van der Waals surface area contributed by atoms with E-state index < -0.39 is 0 Å². The molecule has 7 heteroatoms. The lowest BCUT2D eigenvalue weighted by atomic mass is 9.95. The highest BCUT2D eigenvalue weighted by Crippen LogP contribution is 2.40. The van der Waals surface area contributed by atoms with Crippen LogP contribution in [0.1, 0.15) is 28.1 Å². The second-order valence-corrected chi connectivity index (χ2v) is 9.81. The quantitative estimate of drug-likeness (QED) is 0.279. The lowest BCUT2D eigenvalue weighted by Crippen LogP contribution is -2.38. The number of aryl methyl sites for hydroxylation is 1. The molecule has 190 valence electrons. The first-order valence-corrected chi connectivity index (χ1v) is 13.1. The summed E-state index contributed by atoms with van der Waals surface area (Å²) in [5, 5.41) is 1.48. The number of hydrogen-bond acceptors (Lipinski definition) is 6. The molecule has 0 spiro atoms. The van der Waals surface area contributed by atoms with E-state index in [0.717, 1.165) is 79.3 Å². The standard InChI is InChI=1S/C30H28ClNO5/c31-23-7-3-21(4-8-23)29(33)30-28(25-18-22-2-1-14-36-26(22)19-27(25)37-30)20-5-9-24(10-6-20)35-17-13-32-11-15-34-16-12-32/h3-10,18-19H,1-2,11-17H2. The molecule has 2 aliphatic rings. The molecular formula is C30H28ClNO5. The number of furan rings is 1. The molecule has 0 bridgehead atoms. The zero-order chi connectivity index (χ0) is 25.2. The minimum absolute atomic E-state index is 0.187. The van der Waals surface area contributed by atoms with Gasteiger partial charge in [0, 0.05) is 47.2 Å². The number of hydrogen-bond donors (Lipinski definition) is 0. The molecule has 37 heavy (non-hydrogen) atoms. The monoisotopic (exact) mass is 517 g/mol. The average Bonchev–Trinajstić information content (AvgIpc) is 3.31. The highest BCUT2D eigenvalue weighted by molar-refractivity contribution is 6.30. The molecule has 1 fully saturated rings. The van der Waals surface area contributed by atoms with Crippen LogP contribution in [0.15, 0.2) is 65.1 Å². The van der Waals surface area contributed by atoms with Gasteiger partial charge in [-0.1, -0.05) is 23.7 Å². The zero-order valence-corrected chi connectivity index (χ0v) is 21.3. The van der Waals surface area contributed by atoms with Crippen LogP contribution in [-0.2, 0) is 11.2 Å². The summed E-state index contributed by atoms with van der Waals surface area (Å²) in [4.78, 5) is 15.9. The summed E-state index contributed by atoms with van der Waals surface area (Å²) in [6, 6.07) is 18.8. The fourth-order valence-electron chi connectivity index (χ4n) is 4.96. The van der Waals surface area contributed by atoms with Crippen LogP contribution in [0.5, 0.6) is 11.5 Å². The van der Waals surface area contributed by atoms with E-state index in [1.54, 1.807) is 24.3 Å². The van der Waals surface area contributed by atoms with Crippen molar-refractivity contribution in [3.05, 3.63) is 82.6 Å². The topological polar surface area (TPSA) is 61.1 Å². The minimum atomic E-state index is -0.187. The van der Waals surface area contributed by atoms with E-state index in [0.29, 0.717) is 35.1 Å². The van der Waals surface area contributed by atoms with Gasteiger partial charge in [-0.05, 0) is 66.4 Å². The van der Waals surface area contributed by atoms with Gasteiger partial charge in [-0.15, -0.1) is 0 Å². The lowest BCUT2D eigenvalue weighted by Gasteiger charge is -2.26. The van der Waals surface area contributed by atoms with E-state index in [2.05, 4.69) is 11.0 Å². The summed E-state index contributed by atoms with van der Waals surface area (Å²) in [5.41, 5.74) is 3.97. The van der Waals surface area contributed by atoms with E-state index in [1.165, 1.54) is 0 Å². The molecule has 6 nitrogen and oxygen atoms in total. The van der Waals surface area contributed by atoms with Gasteiger partial charge >= 0.3 is 0 Å². The molecule has 3 aromatic carbocycles. The predicted octanol–water partition coefficient (Wildman–Crippen LogP) is 6.02. The van der Waals surface area contributed by atoms with Crippen LogP contribution >= 0.6 is 11.6 Å². The maximum atomic E-state index is 13.6. The van der Waals surface area contributed by atoms with E-state index in [1.807, 2.05) is 30.3 Å². The van der Waals surface area contributed by atoms with Crippen LogP contribution in [0.3, 0.4) is 0 Å². The number of carbonyl (C=O) groups is 1. The van der Waals surface area contributed by atoms with E-state index in [4.69, 9.17) is 30.2 Å². The Bertz CT molecular complexity index is 1400. The van der Waals surface area contributed by atoms with Gasteiger partial charge in [0.25, 0.3) is 0 Å². The van der Waals surface area contributed by atoms with Gasteiger partial charge in [-0.2, -0.15) is 0 Å². The number of fused-ring (bicyclic) bond motifs is 2. The molecule has 0 radical (unpaired) electrons. The highest BCUT2D eigenvalue weighted by atomic mass is 35.5. The number of morpholine rings is 1. The fourth-order valence-corrected chi connectivity index (χ4v) is 5.08. The van der Waals surface area contributed by atoms with Gasteiger partial charge in [0.1, 0.15) is 23.7 Å². The Balaban J connectivity index is 1.32. The minimum Gasteiger partial charge on any atom is -0.493 e. The van der Waals surface area contributed by atoms with Gasteiger partial charge in [0.15, 0.2) is 5.76 Å². The molecule has 6 rings (SSSR count). The molecular weight excluding hydrogens is 490 g/mol. The molecule has 0 atom stereocenters. The Morgan fingerprint density at radius 2 is 1.76 bits per heavy atom. The number of ketones is 1. The van der Waals surface area contributed by atoms with Crippen molar-refractivity contribution >= 4 is 28.4 Å². The lowest BCUT2D eigenvalue weighted by molar-refractivity contribution is 0.0322. The van der Waals surface area contributed by atoms with Gasteiger partial charge in [-0.3, -0.25) is 9.69 Å². The fraction of sp³-hybridized carbons (Fsp3) is 0.300. The summed E-state index contributed by atoms with van der Waals surface area (Å²) < 4.78 is 23.5. The third kappa shape index (κ3) is 5.10. The summed E-state index contributed by atoms with van der Waals surface area (Å²) in [5.74, 6) is 1.74. The number of benzene rings is 3. The van der Waals surface area contributed by atoms with Crippen molar-refractivity contribution < 1.29 is 23.4 Å². The second kappa shape index (κ2) is 10.6. The molecule has 1 aromatic heterocycles. The smallest absolute Gasteiger partial charge is 0.228 e. The Kier molecular flexibility index (Phi) is 6.87. The molecule has 0 amide bonds. The molecule has 2 aliphatic heterocycles. The second-order valence-electron chi connectivity index (χ2n) is 9.38. The third-order valence-electron chi connectivity index (χ3n) is 6.95. The van der Waals surface area contributed by atoms with Gasteiger partial charge in [0.2, 0.25) is 5.78 Å². The van der Waals surface area contributed by atoms with Crippen molar-refractivity contribution in [1.82, 2.24) is 4.90 Å². The Labute approximate surface area is 220 Å². The molecule has 0 unspecified atom stereocenters. The largest absolute Gasteiger partial charge is 0.493 e. The van der Waals surface area contributed by atoms with Crippen molar-refractivity contribution in [2.75, 3.05) is 46.1 Å². The van der Waals surface area contributed by atoms with Crippen LogP contribution < -0.4 is 9.47 Å². The number of nitrogens with zero attached hydrogens (tertiary/aromatic N) is 1. The zero-order valence-electron chi connectivity index (χ0n) is 20.5. The highest BCUT2D eigenvalue weighted by Gasteiger charge is 2.25. The first-order chi connectivity index (χ1) is 18.2. The van der Waals surface area contributed by atoms with Crippen molar-refractivity contribution in [2.45, 2.75) is 12.8 Å². The maximum absolute atomic E-state index is 13.6. The summed E-state index contributed by atoms with van der Waals surface area (Å²) in [6.07, 6.45) is 1.91. The van der Waals surface area contributed by atoms with Crippen LogP contribution in [0.2, 0.25) is 5.02 Å². The van der Waals surface area contributed by atoms with Gasteiger partial charge in [0.05, 0.1) is 19.8 Å². The molecule has 4 aromatic rings. The number of rotatable bonds is 7. The predicted molar refractivity (Wildman–Crippen MR) is 143 cm³/mol. The molecule has 0 aliphatic carbocycles. The Morgan fingerprint density at radius 3 is 2.54 bits per heavy atom. The van der Waals surface area contributed by atoms with Crippen LogP contribution in [0.25, 0.3) is 22.1 Å². The first-order valence-electron chi connectivity index (χ1n) is 12.7. The van der Waals surface area contributed by atoms with E-state index in [9.17, 15) is 4.79 Å².